The fourth-order valence-corrected chi connectivity index (χ4v) is 8.36. The molecule has 0 radical (unpaired) electrons. The monoisotopic (exact) mass is 797 g/mol. The third-order valence-corrected chi connectivity index (χ3v) is 11.7. The molecular formula is C48H27N7S3. The average molecular weight is 798 g/mol. The highest BCUT2D eigenvalue weighted by Gasteiger charge is 2.15. The zero-order chi connectivity index (χ0) is 40.7. The first-order valence-electron chi connectivity index (χ1n) is 17.4. The van der Waals surface area contributed by atoms with Crippen molar-refractivity contribution in [3.8, 4) is 67.7 Å². The highest BCUT2D eigenvalue weighted by atomic mass is 32.1. The summed E-state index contributed by atoms with van der Waals surface area (Å²) in [5.41, 5.74) is 6.27. The first-order valence-corrected chi connectivity index (χ1v) is 19.9. The van der Waals surface area contributed by atoms with Crippen molar-refractivity contribution in [2.75, 3.05) is 4.90 Å². The minimum Gasteiger partial charge on any atom is -0.311 e. The van der Waals surface area contributed by atoms with Crippen LogP contribution in [0.2, 0.25) is 0 Å². The second-order valence-electron chi connectivity index (χ2n) is 12.1. The lowest BCUT2D eigenvalue weighted by Gasteiger charge is -2.26. The predicted octanol–water partition coefficient (Wildman–Crippen LogP) is 13.3. The predicted molar refractivity (Wildman–Crippen MR) is 236 cm³/mol. The Morgan fingerprint density at radius 3 is 0.862 bits per heavy atom. The maximum absolute atomic E-state index is 8.99. The summed E-state index contributed by atoms with van der Waals surface area (Å²) in [5.74, 6) is 0. The van der Waals surface area contributed by atoms with E-state index in [4.69, 9.17) is 31.6 Å². The van der Waals surface area contributed by atoms with E-state index in [1.807, 2.05) is 72.8 Å². The smallest absolute Gasteiger partial charge is 0.129 e. The van der Waals surface area contributed by atoms with E-state index in [2.05, 4.69) is 95.9 Å². The summed E-state index contributed by atoms with van der Waals surface area (Å²) in [4.78, 5) is 8.48. The first-order chi connectivity index (χ1) is 28.4. The highest BCUT2D eigenvalue weighted by molar-refractivity contribution is 7.17. The Morgan fingerprint density at radius 2 is 0.621 bits per heavy atom. The number of allylic oxidation sites excluding steroid dienone is 9. The van der Waals surface area contributed by atoms with Crippen molar-refractivity contribution in [1.29, 1.82) is 31.6 Å². The molecule has 0 atom stereocenters. The summed E-state index contributed by atoms with van der Waals surface area (Å²) in [6.45, 7) is 0. The summed E-state index contributed by atoms with van der Waals surface area (Å²) in [6.07, 6.45) is 15.3. The van der Waals surface area contributed by atoms with Crippen LogP contribution in [0.4, 0.5) is 17.1 Å². The Bertz CT molecular complexity index is 2520. The van der Waals surface area contributed by atoms with Gasteiger partial charge in [-0.15, -0.1) is 34.0 Å². The van der Waals surface area contributed by atoms with E-state index in [1.165, 1.54) is 18.2 Å². The number of nitrogens with zero attached hydrogens (tertiary/aromatic N) is 7. The van der Waals surface area contributed by atoms with Gasteiger partial charge in [0.25, 0.3) is 0 Å². The summed E-state index contributed by atoms with van der Waals surface area (Å²) >= 11 is 4.85. The molecule has 0 saturated carbocycles. The fraction of sp³-hybridized carbons (Fsp3) is 0. The second kappa shape index (κ2) is 19.5. The van der Waals surface area contributed by atoms with Crippen molar-refractivity contribution >= 4 is 69.3 Å². The molecule has 0 spiro atoms. The molecule has 0 unspecified atom stereocenters. The van der Waals surface area contributed by atoms with Crippen molar-refractivity contribution in [3.63, 3.8) is 0 Å². The maximum atomic E-state index is 8.99. The molecule has 0 bridgehead atoms. The van der Waals surface area contributed by atoms with Gasteiger partial charge in [-0.3, -0.25) is 0 Å². The van der Waals surface area contributed by atoms with Gasteiger partial charge >= 0.3 is 0 Å². The number of anilines is 3. The molecule has 0 fully saturated rings. The third kappa shape index (κ3) is 9.97. The standard InChI is InChI=1S/C48H27N7S3/c49-28-34(29-50)4-1-7-43-22-25-46(56-43)37-10-16-40(17-11-37)55(41-18-12-38(13-19-41)47-26-23-44(57-47)8-2-5-35(30-51)31-52)42-20-14-39(15-21-42)48-27-24-45(58-48)9-3-6-36(32-53)33-54/h1-27H/b7-1+,8-2+,9-3+. The van der Waals surface area contributed by atoms with Gasteiger partial charge in [-0.1, -0.05) is 54.6 Å². The highest BCUT2D eigenvalue weighted by Crippen LogP contribution is 2.40. The van der Waals surface area contributed by atoms with Gasteiger partial charge in [0.1, 0.15) is 53.1 Å². The number of thiophene rings is 3. The van der Waals surface area contributed by atoms with Crippen LogP contribution in [0.5, 0.6) is 0 Å². The molecule has 6 aromatic rings. The molecule has 58 heavy (non-hydrogen) atoms. The third-order valence-electron chi connectivity index (χ3n) is 8.40. The van der Waals surface area contributed by atoms with Crippen LogP contribution in [-0.4, -0.2) is 0 Å². The Kier molecular flexibility index (Phi) is 13.3. The van der Waals surface area contributed by atoms with E-state index in [1.54, 1.807) is 52.2 Å². The molecule has 3 aromatic carbocycles. The average Bonchev–Trinajstić information content (AvgIpc) is 4.06. The summed E-state index contributed by atoms with van der Waals surface area (Å²) in [6, 6.07) is 48.7. The van der Waals surface area contributed by atoms with Crippen molar-refractivity contribution in [3.05, 3.63) is 177 Å². The normalized spacial score (nSPS) is 10.4. The number of rotatable bonds is 12. The van der Waals surface area contributed by atoms with E-state index in [0.29, 0.717) is 0 Å². The zero-order valence-corrected chi connectivity index (χ0v) is 32.9. The number of hydrogen-bond donors (Lipinski definition) is 0. The molecule has 0 aliphatic heterocycles. The lowest BCUT2D eigenvalue weighted by Crippen LogP contribution is -2.09. The quantitative estimate of drug-likeness (QED) is 0.0884. The molecule has 7 nitrogen and oxygen atoms in total. The van der Waals surface area contributed by atoms with Crippen molar-refractivity contribution in [2.45, 2.75) is 0 Å². The van der Waals surface area contributed by atoms with Crippen LogP contribution in [0.3, 0.4) is 0 Å². The number of hydrogen-bond acceptors (Lipinski definition) is 10. The SMILES string of the molecule is N#CC(C#N)=C/C=C/c1ccc(-c2ccc(N(c3ccc(-c4ccc(/C=C/C=C(C#N)C#N)s4)cc3)c3ccc(-c4ccc(/C=C/C=C(C#N)C#N)s4)cc3)cc2)s1. The van der Waals surface area contributed by atoms with E-state index >= 15 is 0 Å². The molecule has 3 aromatic heterocycles. The van der Waals surface area contributed by atoms with E-state index in [-0.39, 0.29) is 16.7 Å². The molecule has 0 aliphatic carbocycles. The summed E-state index contributed by atoms with van der Waals surface area (Å²) < 4.78 is 0. The van der Waals surface area contributed by atoms with Crippen LogP contribution in [0.1, 0.15) is 14.6 Å². The Morgan fingerprint density at radius 1 is 0.362 bits per heavy atom. The molecule has 0 N–H and O–H groups in total. The van der Waals surface area contributed by atoms with Crippen LogP contribution in [0.15, 0.2) is 162 Å². The first kappa shape index (κ1) is 39.6. The number of benzene rings is 3. The number of nitriles is 6. The lowest BCUT2D eigenvalue weighted by molar-refractivity contribution is 1.28. The van der Waals surface area contributed by atoms with Gasteiger partial charge < -0.3 is 4.90 Å². The van der Waals surface area contributed by atoms with Crippen LogP contribution in [0, 0.1) is 68.0 Å². The van der Waals surface area contributed by atoms with Gasteiger partial charge in [0.05, 0.1) is 0 Å². The molecule has 0 amide bonds. The molecule has 272 valence electrons. The van der Waals surface area contributed by atoms with E-state index in [0.717, 1.165) is 63.0 Å². The molecule has 6 rings (SSSR count). The summed E-state index contributed by atoms with van der Waals surface area (Å²) in [5, 5.41) is 54.0. The van der Waals surface area contributed by atoms with Gasteiger partial charge in [-0.25, -0.2) is 0 Å². The van der Waals surface area contributed by atoms with Crippen LogP contribution >= 0.6 is 34.0 Å². The molecule has 0 saturated heterocycles. The van der Waals surface area contributed by atoms with Crippen LogP contribution in [-0.2, 0) is 0 Å². The van der Waals surface area contributed by atoms with Crippen LogP contribution < -0.4 is 4.90 Å². The molecule has 3 heterocycles. The Balaban J connectivity index is 1.28. The maximum Gasteiger partial charge on any atom is 0.129 e. The van der Waals surface area contributed by atoms with Crippen molar-refractivity contribution in [1.82, 2.24) is 0 Å². The largest absolute Gasteiger partial charge is 0.311 e. The van der Waals surface area contributed by atoms with Gasteiger partial charge in [-0.05, 0) is 126 Å². The minimum absolute atomic E-state index is 0.0522. The molecular weight excluding hydrogens is 771 g/mol. The van der Waals surface area contributed by atoms with Crippen molar-refractivity contribution < 1.29 is 0 Å². The van der Waals surface area contributed by atoms with Crippen molar-refractivity contribution in [2.24, 2.45) is 0 Å². The van der Waals surface area contributed by atoms with Gasteiger partial charge in [0.15, 0.2) is 0 Å². The van der Waals surface area contributed by atoms with E-state index < -0.39 is 0 Å². The Labute approximate surface area is 348 Å². The van der Waals surface area contributed by atoms with Gasteiger partial charge in [0.2, 0.25) is 0 Å². The second-order valence-corrected chi connectivity index (χ2v) is 15.4. The fourth-order valence-electron chi connectivity index (χ4n) is 5.58. The zero-order valence-electron chi connectivity index (χ0n) is 30.4. The molecule has 10 heteroatoms. The summed E-state index contributed by atoms with van der Waals surface area (Å²) in [7, 11) is 0. The van der Waals surface area contributed by atoms with Gasteiger partial charge in [-0.2, -0.15) is 31.6 Å². The minimum atomic E-state index is 0.0522. The molecule has 0 aliphatic rings. The topological polar surface area (TPSA) is 146 Å². The van der Waals surface area contributed by atoms with Crippen LogP contribution in [0.25, 0.3) is 49.5 Å². The Hall–Kier alpha value is -8.06. The van der Waals surface area contributed by atoms with E-state index in [9.17, 15) is 0 Å². The lowest BCUT2D eigenvalue weighted by atomic mass is 10.1. The van der Waals surface area contributed by atoms with Gasteiger partial charge in [0, 0.05) is 46.3 Å².